The maximum absolute atomic E-state index is 5.95. The second-order valence-corrected chi connectivity index (χ2v) is 5.00. The van der Waals surface area contributed by atoms with Crippen molar-refractivity contribution in [1.29, 1.82) is 0 Å². The fourth-order valence-corrected chi connectivity index (χ4v) is 2.25. The lowest BCUT2D eigenvalue weighted by Crippen LogP contribution is -2.34. The first-order chi connectivity index (χ1) is 8.11. The van der Waals surface area contributed by atoms with E-state index in [9.17, 15) is 0 Å². The van der Waals surface area contributed by atoms with E-state index in [1.54, 1.807) is 0 Å². The molecule has 0 bridgehead atoms. The minimum Gasteiger partial charge on any atom is -0.383 e. The molecule has 1 fully saturated rings. The third-order valence-electron chi connectivity index (χ3n) is 3.60. The Kier molecular flexibility index (Phi) is 3.50. The Morgan fingerprint density at radius 1 is 1.29 bits per heavy atom. The molecule has 2 rings (SSSR count). The number of aryl methyl sites for hydroxylation is 1. The van der Waals surface area contributed by atoms with Gasteiger partial charge in [0, 0.05) is 25.1 Å². The van der Waals surface area contributed by atoms with Gasteiger partial charge in [-0.2, -0.15) is 0 Å². The van der Waals surface area contributed by atoms with Crippen LogP contribution in [0.4, 0.5) is 11.6 Å². The van der Waals surface area contributed by atoms with Crippen LogP contribution in [-0.4, -0.2) is 23.1 Å². The van der Waals surface area contributed by atoms with Crippen LogP contribution in [0.3, 0.4) is 0 Å². The van der Waals surface area contributed by atoms with Gasteiger partial charge in [-0.05, 0) is 25.7 Å². The lowest BCUT2D eigenvalue weighted by Gasteiger charge is -2.32. The fraction of sp³-hybridized carbons (Fsp3) is 0.692. The highest BCUT2D eigenvalue weighted by molar-refractivity contribution is 5.56. The lowest BCUT2D eigenvalue weighted by atomic mass is 9.99. The predicted octanol–water partition coefficient (Wildman–Crippen LogP) is 2.17. The average Bonchev–Trinajstić information content (AvgIpc) is 2.34. The van der Waals surface area contributed by atoms with Gasteiger partial charge in [-0.1, -0.05) is 13.8 Å². The average molecular weight is 234 g/mol. The molecule has 0 radical (unpaired) electrons. The van der Waals surface area contributed by atoms with E-state index >= 15 is 0 Å². The summed E-state index contributed by atoms with van der Waals surface area (Å²) in [5.74, 6) is 3.35. The van der Waals surface area contributed by atoms with E-state index < -0.39 is 0 Å². The van der Waals surface area contributed by atoms with Crippen molar-refractivity contribution in [2.24, 2.45) is 5.92 Å². The monoisotopic (exact) mass is 234 g/mol. The highest BCUT2D eigenvalue weighted by Gasteiger charge is 2.20. The van der Waals surface area contributed by atoms with Crippen molar-refractivity contribution < 1.29 is 0 Å². The summed E-state index contributed by atoms with van der Waals surface area (Å²) in [5, 5.41) is 0. The van der Waals surface area contributed by atoms with E-state index in [0.29, 0.717) is 5.82 Å². The summed E-state index contributed by atoms with van der Waals surface area (Å²) in [4.78, 5) is 11.3. The Balaban J connectivity index is 2.27. The van der Waals surface area contributed by atoms with Crippen LogP contribution in [0.15, 0.2) is 0 Å². The van der Waals surface area contributed by atoms with Crippen molar-refractivity contribution in [2.45, 2.75) is 40.0 Å². The number of anilines is 2. The van der Waals surface area contributed by atoms with E-state index in [2.05, 4.69) is 28.7 Å². The van der Waals surface area contributed by atoms with Crippen LogP contribution in [0.25, 0.3) is 0 Å². The summed E-state index contributed by atoms with van der Waals surface area (Å²) < 4.78 is 0. The SMILES string of the molecule is CCc1nc(N)c(C)c(N2CCC(C)CC2)n1. The van der Waals surface area contributed by atoms with E-state index in [1.807, 2.05) is 6.92 Å². The van der Waals surface area contributed by atoms with E-state index in [0.717, 1.165) is 42.6 Å². The molecule has 1 aromatic heterocycles. The Morgan fingerprint density at radius 2 is 1.94 bits per heavy atom. The zero-order valence-electron chi connectivity index (χ0n) is 11.0. The summed E-state index contributed by atoms with van der Waals surface area (Å²) >= 11 is 0. The predicted molar refractivity (Wildman–Crippen MR) is 71.2 cm³/mol. The molecular weight excluding hydrogens is 212 g/mol. The van der Waals surface area contributed by atoms with Crippen LogP contribution in [0, 0.1) is 12.8 Å². The van der Waals surface area contributed by atoms with Crippen LogP contribution in [0.5, 0.6) is 0 Å². The van der Waals surface area contributed by atoms with Crippen molar-refractivity contribution in [3.63, 3.8) is 0 Å². The number of aromatic nitrogens is 2. The first-order valence-electron chi connectivity index (χ1n) is 6.49. The second-order valence-electron chi connectivity index (χ2n) is 5.00. The molecule has 1 aliphatic rings. The van der Waals surface area contributed by atoms with Gasteiger partial charge in [-0.15, -0.1) is 0 Å². The third-order valence-corrected chi connectivity index (χ3v) is 3.60. The normalized spacial score (nSPS) is 17.5. The van der Waals surface area contributed by atoms with Crippen LogP contribution >= 0.6 is 0 Å². The highest BCUT2D eigenvalue weighted by Crippen LogP contribution is 2.26. The van der Waals surface area contributed by atoms with Crippen molar-refractivity contribution in [1.82, 2.24) is 9.97 Å². The van der Waals surface area contributed by atoms with Gasteiger partial charge in [0.1, 0.15) is 17.5 Å². The van der Waals surface area contributed by atoms with E-state index in [1.165, 1.54) is 12.8 Å². The molecule has 0 atom stereocenters. The van der Waals surface area contributed by atoms with Crippen molar-refractivity contribution in [2.75, 3.05) is 23.7 Å². The van der Waals surface area contributed by atoms with Crippen LogP contribution in [0.2, 0.25) is 0 Å². The van der Waals surface area contributed by atoms with E-state index in [4.69, 9.17) is 5.73 Å². The molecule has 0 spiro atoms. The molecule has 1 saturated heterocycles. The molecule has 94 valence electrons. The smallest absolute Gasteiger partial charge is 0.137 e. The number of hydrogen-bond donors (Lipinski definition) is 1. The van der Waals surface area contributed by atoms with Crippen LogP contribution < -0.4 is 10.6 Å². The first-order valence-corrected chi connectivity index (χ1v) is 6.49. The Labute approximate surface area is 103 Å². The molecule has 0 amide bonds. The number of nitrogens with zero attached hydrogens (tertiary/aromatic N) is 3. The molecule has 0 aliphatic carbocycles. The number of rotatable bonds is 2. The standard InChI is InChI=1S/C13H22N4/c1-4-11-15-12(14)10(3)13(16-11)17-7-5-9(2)6-8-17/h9H,4-8H2,1-3H3,(H2,14,15,16). The zero-order chi connectivity index (χ0) is 12.4. The molecule has 0 unspecified atom stereocenters. The molecule has 4 heteroatoms. The van der Waals surface area contributed by atoms with Gasteiger partial charge in [0.2, 0.25) is 0 Å². The molecular formula is C13H22N4. The molecule has 2 heterocycles. The summed E-state index contributed by atoms with van der Waals surface area (Å²) in [6.07, 6.45) is 3.32. The number of nitrogen functional groups attached to an aromatic ring is 1. The molecule has 0 saturated carbocycles. The molecule has 1 aliphatic heterocycles. The van der Waals surface area contributed by atoms with Gasteiger partial charge < -0.3 is 10.6 Å². The third kappa shape index (κ3) is 2.51. The number of nitrogens with two attached hydrogens (primary N) is 1. The maximum atomic E-state index is 5.95. The molecule has 17 heavy (non-hydrogen) atoms. The molecule has 1 aromatic rings. The molecule has 4 nitrogen and oxygen atoms in total. The largest absolute Gasteiger partial charge is 0.383 e. The van der Waals surface area contributed by atoms with Gasteiger partial charge in [-0.25, -0.2) is 9.97 Å². The summed E-state index contributed by atoms with van der Waals surface area (Å²) in [6.45, 7) is 8.56. The van der Waals surface area contributed by atoms with Crippen LogP contribution in [0.1, 0.15) is 38.1 Å². The minimum atomic E-state index is 0.630. The topological polar surface area (TPSA) is 55.0 Å². The van der Waals surface area contributed by atoms with Gasteiger partial charge in [-0.3, -0.25) is 0 Å². The van der Waals surface area contributed by atoms with Gasteiger partial charge in [0.05, 0.1) is 0 Å². The molecule has 2 N–H and O–H groups in total. The first kappa shape index (κ1) is 12.1. The Morgan fingerprint density at radius 3 is 2.53 bits per heavy atom. The summed E-state index contributed by atoms with van der Waals surface area (Å²) in [7, 11) is 0. The van der Waals surface area contributed by atoms with Crippen molar-refractivity contribution in [3.05, 3.63) is 11.4 Å². The molecule has 0 aromatic carbocycles. The fourth-order valence-electron chi connectivity index (χ4n) is 2.25. The van der Waals surface area contributed by atoms with Crippen LogP contribution in [-0.2, 0) is 6.42 Å². The highest BCUT2D eigenvalue weighted by atomic mass is 15.2. The van der Waals surface area contributed by atoms with Crippen molar-refractivity contribution in [3.8, 4) is 0 Å². The van der Waals surface area contributed by atoms with Crippen molar-refractivity contribution >= 4 is 11.6 Å². The van der Waals surface area contributed by atoms with Gasteiger partial charge in [0.15, 0.2) is 0 Å². The lowest BCUT2D eigenvalue weighted by molar-refractivity contribution is 0.436. The second kappa shape index (κ2) is 4.90. The Bertz CT molecular complexity index is 395. The summed E-state index contributed by atoms with van der Waals surface area (Å²) in [5.41, 5.74) is 6.98. The number of hydrogen-bond acceptors (Lipinski definition) is 4. The number of piperidine rings is 1. The Hall–Kier alpha value is -1.32. The minimum absolute atomic E-state index is 0.630. The van der Waals surface area contributed by atoms with Gasteiger partial charge in [0.25, 0.3) is 0 Å². The van der Waals surface area contributed by atoms with Gasteiger partial charge >= 0.3 is 0 Å². The summed E-state index contributed by atoms with van der Waals surface area (Å²) in [6, 6.07) is 0. The quantitative estimate of drug-likeness (QED) is 0.852. The van der Waals surface area contributed by atoms with E-state index in [-0.39, 0.29) is 0 Å². The zero-order valence-corrected chi connectivity index (χ0v) is 11.0. The maximum Gasteiger partial charge on any atom is 0.137 e.